The molecule has 0 aliphatic rings. The molecule has 0 amide bonds. The molecule has 0 aliphatic carbocycles. The maximum atomic E-state index is 13.8. The summed E-state index contributed by atoms with van der Waals surface area (Å²) in [6, 6.07) is 7.56. The van der Waals surface area contributed by atoms with Crippen molar-refractivity contribution < 1.29 is 8.78 Å². The first-order valence-corrected chi connectivity index (χ1v) is 5.31. The molecule has 0 radical (unpaired) electrons. The highest BCUT2D eigenvalue weighted by molar-refractivity contribution is 5.70. The third-order valence-corrected chi connectivity index (χ3v) is 2.79. The number of nitrogen functional groups attached to an aromatic ring is 1. The first-order chi connectivity index (χ1) is 7.99. The molecular weight excluding hydrogens is 220 g/mol. The van der Waals surface area contributed by atoms with Gasteiger partial charge in [-0.3, -0.25) is 0 Å². The van der Waals surface area contributed by atoms with Crippen LogP contribution < -0.4 is 5.73 Å². The standard InChI is InChI=1S/C14H13F2N/c1-8-5-10(17)3-4-11(8)12-7-13(15)9(2)6-14(12)16/h3-7H,17H2,1-2H3. The SMILES string of the molecule is Cc1cc(F)c(-c2ccc(N)cc2C)cc1F. The van der Waals surface area contributed by atoms with E-state index < -0.39 is 11.6 Å². The zero-order valence-electron chi connectivity index (χ0n) is 9.72. The van der Waals surface area contributed by atoms with Gasteiger partial charge in [0.05, 0.1) is 0 Å². The van der Waals surface area contributed by atoms with Gasteiger partial charge in [-0.05, 0) is 54.8 Å². The van der Waals surface area contributed by atoms with Crippen molar-refractivity contribution in [2.75, 3.05) is 5.73 Å². The lowest BCUT2D eigenvalue weighted by molar-refractivity contribution is 0.595. The van der Waals surface area contributed by atoms with E-state index in [-0.39, 0.29) is 5.56 Å². The highest BCUT2D eigenvalue weighted by atomic mass is 19.1. The van der Waals surface area contributed by atoms with Gasteiger partial charge in [0, 0.05) is 11.3 Å². The van der Waals surface area contributed by atoms with Crippen molar-refractivity contribution in [1.82, 2.24) is 0 Å². The van der Waals surface area contributed by atoms with Crippen LogP contribution in [-0.2, 0) is 0 Å². The maximum Gasteiger partial charge on any atom is 0.131 e. The molecule has 0 unspecified atom stereocenters. The van der Waals surface area contributed by atoms with Crippen molar-refractivity contribution in [3.05, 3.63) is 53.1 Å². The Morgan fingerprint density at radius 1 is 0.824 bits per heavy atom. The number of anilines is 1. The van der Waals surface area contributed by atoms with Crippen molar-refractivity contribution in [2.24, 2.45) is 0 Å². The molecule has 0 atom stereocenters. The van der Waals surface area contributed by atoms with Crippen molar-refractivity contribution in [3.8, 4) is 11.1 Å². The highest BCUT2D eigenvalue weighted by Gasteiger charge is 2.11. The predicted octanol–water partition coefficient (Wildman–Crippen LogP) is 3.83. The van der Waals surface area contributed by atoms with E-state index in [9.17, 15) is 8.78 Å². The Hall–Kier alpha value is -1.90. The highest BCUT2D eigenvalue weighted by Crippen LogP contribution is 2.29. The molecule has 0 aromatic heterocycles. The number of benzene rings is 2. The Balaban J connectivity index is 2.64. The fourth-order valence-corrected chi connectivity index (χ4v) is 1.84. The van der Waals surface area contributed by atoms with Gasteiger partial charge in [-0.1, -0.05) is 6.07 Å². The van der Waals surface area contributed by atoms with Gasteiger partial charge in [-0.25, -0.2) is 8.78 Å². The van der Waals surface area contributed by atoms with Crippen molar-refractivity contribution in [3.63, 3.8) is 0 Å². The van der Waals surface area contributed by atoms with E-state index in [1.165, 1.54) is 19.1 Å². The van der Waals surface area contributed by atoms with E-state index in [4.69, 9.17) is 5.73 Å². The Kier molecular flexibility index (Phi) is 2.84. The normalized spacial score (nSPS) is 10.6. The summed E-state index contributed by atoms with van der Waals surface area (Å²) in [7, 11) is 0. The summed E-state index contributed by atoms with van der Waals surface area (Å²) in [6.07, 6.45) is 0. The minimum Gasteiger partial charge on any atom is -0.399 e. The third-order valence-electron chi connectivity index (χ3n) is 2.79. The average molecular weight is 233 g/mol. The summed E-state index contributed by atoms with van der Waals surface area (Å²) in [6.45, 7) is 3.36. The van der Waals surface area contributed by atoms with Crippen LogP contribution in [0.25, 0.3) is 11.1 Å². The smallest absolute Gasteiger partial charge is 0.131 e. The summed E-state index contributed by atoms with van der Waals surface area (Å²) < 4.78 is 27.3. The molecule has 0 heterocycles. The van der Waals surface area contributed by atoms with Crippen molar-refractivity contribution in [2.45, 2.75) is 13.8 Å². The fraction of sp³-hybridized carbons (Fsp3) is 0.143. The first-order valence-electron chi connectivity index (χ1n) is 5.31. The second kappa shape index (κ2) is 4.17. The molecule has 0 saturated carbocycles. The molecule has 0 bridgehead atoms. The first kappa shape index (κ1) is 11.6. The molecule has 2 aromatic carbocycles. The summed E-state index contributed by atoms with van der Waals surface area (Å²) >= 11 is 0. The zero-order valence-corrected chi connectivity index (χ0v) is 9.72. The van der Waals surface area contributed by atoms with E-state index in [1.807, 2.05) is 6.92 Å². The number of rotatable bonds is 1. The van der Waals surface area contributed by atoms with Gasteiger partial charge in [0.2, 0.25) is 0 Å². The molecule has 2 N–H and O–H groups in total. The van der Waals surface area contributed by atoms with E-state index >= 15 is 0 Å². The minimum atomic E-state index is -0.420. The summed E-state index contributed by atoms with van der Waals surface area (Å²) in [5.41, 5.74) is 8.30. The number of hydrogen-bond donors (Lipinski definition) is 1. The van der Waals surface area contributed by atoms with Crippen LogP contribution in [0.5, 0.6) is 0 Å². The second-order valence-corrected chi connectivity index (χ2v) is 4.16. The minimum absolute atomic E-state index is 0.269. The van der Waals surface area contributed by atoms with Crippen molar-refractivity contribution in [1.29, 1.82) is 0 Å². The largest absolute Gasteiger partial charge is 0.399 e. The maximum absolute atomic E-state index is 13.8. The average Bonchev–Trinajstić information content (AvgIpc) is 2.24. The zero-order chi connectivity index (χ0) is 12.6. The van der Waals surface area contributed by atoms with Crippen LogP contribution in [0.4, 0.5) is 14.5 Å². The van der Waals surface area contributed by atoms with Gasteiger partial charge in [-0.15, -0.1) is 0 Å². The lowest BCUT2D eigenvalue weighted by Crippen LogP contribution is -1.94. The monoisotopic (exact) mass is 233 g/mol. The van der Waals surface area contributed by atoms with E-state index in [0.717, 1.165) is 5.56 Å². The van der Waals surface area contributed by atoms with E-state index in [2.05, 4.69) is 0 Å². The van der Waals surface area contributed by atoms with Crippen molar-refractivity contribution >= 4 is 5.69 Å². The van der Waals surface area contributed by atoms with Crippen LogP contribution in [0, 0.1) is 25.5 Å². The second-order valence-electron chi connectivity index (χ2n) is 4.16. The Morgan fingerprint density at radius 3 is 2.18 bits per heavy atom. The molecule has 0 aliphatic heterocycles. The molecule has 1 nitrogen and oxygen atoms in total. The van der Waals surface area contributed by atoms with Gasteiger partial charge in [0.1, 0.15) is 11.6 Å². The molecule has 0 spiro atoms. The van der Waals surface area contributed by atoms with Gasteiger partial charge >= 0.3 is 0 Å². The van der Waals surface area contributed by atoms with Crippen LogP contribution in [0.15, 0.2) is 30.3 Å². The summed E-state index contributed by atoms with van der Waals surface area (Å²) in [4.78, 5) is 0. The number of aryl methyl sites for hydroxylation is 2. The summed E-state index contributed by atoms with van der Waals surface area (Å²) in [5, 5.41) is 0. The fourth-order valence-electron chi connectivity index (χ4n) is 1.84. The molecule has 0 fully saturated rings. The van der Waals surface area contributed by atoms with E-state index in [1.54, 1.807) is 18.2 Å². The molecule has 2 rings (SSSR count). The van der Waals surface area contributed by atoms with Gasteiger partial charge in [0.15, 0.2) is 0 Å². The van der Waals surface area contributed by atoms with E-state index in [0.29, 0.717) is 16.8 Å². The summed E-state index contributed by atoms with van der Waals surface area (Å²) in [5.74, 6) is -0.825. The topological polar surface area (TPSA) is 26.0 Å². The number of nitrogens with two attached hydrogens (primary N) is 1. The number of halogens is 2. The van der Waals surface area contributed by atoms with Gasteiger partial charge in [-0.2, -0.15) is 0 Å². The Labute approximate surface area is 98.9 Å². The van der Waals surface area contributed by atoms with Crippen LogP contribution in [-0.4, -0.2) is 0 Å². The lowest BCUT2D eigenvalue weighted by atomic mass is 9.98. The van der Waals surface area contributed by atoms with Gasteiger partial charge in [0.25, 0.3) is 0 Å². The predicted molar refractivity (Wildman–Crippen MR) is 65.7 cm³/mol. The van der Waals surface area contributed by atoms with Crippen LogP contribution >= 0.6 is 0 Å². The molecular formula is C14H13F2N. The number of hydrogen-bond acceptors (Lipinski definition) is 1. The lowest BCUT2D eigenvalue weighted by Gasteiger charge is -2.09. The van der Waals surface area contributed by atoms with Crippen LogP contribution in [0.1, 0.15) is 11.1 Å². The quantitative estimate of drug-likeness (QED) is 0.744. The Morgan fingerprint density at radius 2 is 1.53 bits per heavy atom. The van der Waals surface area contributed by atoms with Crippen LogP contribution in [0.2, 0.25) is 0 Å². The molecule has 17 heavy (non-hydrogen) atoms. The van der Waals surface area contributed by atoms with Gasteiger partial charge < -0.3 is 5.73 Å². The third kappa shape index (κ3) is 2.13. The Bertz CT molecular complexity index is 577. The molecule has 0 saturated heterocycles. The van der Waals surface area contributed by atoms with Crippen LogP contribution in [0.3, 0.4) is 0 Å². The molecule has 88 valence electrons. The molecule has 2 aromatic rings. The molecule has 3 heteroatoms.